The molecule has 1 aliphatic heterocycles. The van der Waals surface area contributed by atoms with E-state index < -0.39 is 0 Å². The summed E-state index contributed by atoms with van der Waals surface area (Å²) in [6.07, 6.45) is 5.52. The van der Waals surface area contributed by atoms with Crippen LogP contribution in [-0.4, -0.2) is 41.9 Å². The van der Waals surface area contributed by atoms with Gasteiger partial charge >= 0.3 is 0 Å². The summed E-state index contributed by atoms with van der Waals surface area (Å²) in [5.41, 5.74) is 1.31. The molecule has 0 radical (unpaired) electrons. The average molecular weight is 316 g/mol. The van der Waals surface area contributed by atoms with Crippen LogP contribution in [0.5, 0.6) is 5.88 Å². The van der Waals surface area contributed by atoms with Crippen molar-refractivity contribution in [2.75, 3.05) is 26.2 Å². The molecule has 1 fully saturated rings. The molecule has 116 valence electrons. The van der Waals surface area contributed by atoms with E-state index >= 15 is 0 Å². The summed E-state index contributed by atoms with van der Waals surface area (Å²) < 4.78 is 5.67. The Kier molecular flexibility index (Phi) is 5.19. The maximum Gasteiger partial charge on any atom is 0.213 e. The molecule has 0 unspecified atom stereocenters. The second-order valence-electron chi connectivity index (χ2n) is 5.48. The maximum atomic E-state index is 12.2. The average Bonchev–Trinajstić information content (AvgIpc) is 3.10. The summed E-state index contributed by atoms with van der Waals surface area (Å²) in [5.74, 6) is 0.590. The van der Waals surface area contributed by atoms with E-state index in [1.54, 1.807) is 18.3 Å². The highest BCUT2D eigenvalue weighted by Gasteiger charge is 2.11. The molecule has 0 atom stereocenters. The Morgan fingerprint density at radius 2 is 2.05 bits per heavy atom. The number of ketones is 1. The summed E-state index contributed by atoms with van der Waals surface area (Å²) in [6.45, 7) is 3.93. The first-order chi connectivity index (χ1) is 10.8. The van der Waals surface area contributed by atoms with Crippen LogP contribution in [-0.2, 0) is 0 Å². The van der Waals surface area contributed by atoms with Gasteiger partial charge in [0, 0.05) is 35.3 Å². The van der Waals surface area contributed by atoms with E-state index in [1.165, 1.54) is 43.7 Å². The summed E-state index contributed by atoms with van der Waals surface area (Å²) in [7, 11) is 0. The molecule has 0 N–H and O–H groups in total. The van der Waals surface area contributed by atoms with Gasteiger partial charge in [-0.05, 0) is 43.4 Å². The molecule has 0 aliphatic carbocycles. The third kappa shape index (κ3) is 3.93. The summed E-state index contributed by atoms with van der Waals surface area (Å²) in [4.78, 5) is 18.8. The lowest BCUT2D eigenvalue weighted by Crippen LogP contribution is -2.33. The molecule has 3 rings (SSSR count). The summed E-state index contributed by atoms with van der Waals surface area (Å²) in [6, 6.07) is 5.38. The number of aromatic nitrogens is 1. The molecule has 0 bridgehead atoms. The van der Waals surface area contributed by atoms with Crippen LogP contribution in [0.15, 0.2) is 35.2 Å². The van der Waals surface area contributed by atoms with Crippen LogP contribution < -0.4 is 4.74 Å². The van der Waals surface area contributed by atoms with E-state index in [4.69, 9.17) is 4.74 Å². The fraction of sp³-hybridized carbons (Fsp3) is 0.412. The Morgan fingerprint density at radius 3 is 2.73 bits per heavy atom. The van der Waals surface area contributed by atoms with E-state index in [2.05, 4.69) is 9.88 Å². The third-order valence-corrected chi connectivity index (χ3v) is 4.57. The summed E-state index contributed by atoms with van der Waals surface area (Å²) in [5, 5.41) is 3.75. The number of rotatable bonds is 6. The van der Waals surface area contributed by atoms with Gasteiger partial charge < -0.3 is 4.74 Å². The smallest absolute Gasteiger partial charge is 0.213 e. The lowest BCUT2D eigenvalue weighted by Gasteiger charge is -2.25. The highest BCUT2D eigenvalue weighted by Crippen LogP contribution is 2.15. The van der Waals surface area contributed by atoms with Crippen LogP contribution in [0.3, 0.4) is 0 Å². The number of carbonyl (C=O) groups excluding carboxylic acids is 1. The van der Waals surface area contributed by atoms with E-state index in [0.29, 0.717) is 23.6 Å². The first kappa shape index (κ1) is 15.2. The Bertz CT molecular complexity index is 590. The van der Waals surface area contributed by atoms with Crippen molar-refractivity contribution in [1.82, 2.24) is 9.88 Å². The Morgan fingerprint density at radius 1 is 1.18 bits per heavy atom. The number of ether oxygens (including phenoxy) is 1. The first-order valence-electron chi connectivity index (χ1n) is 7.71. The number of carbonyl (C=O) groups is 1. The van der Waals surface area contributed by atoms with Gasteiger partial charge in [0.25, 0.3) is 0 Å². The maximum absolute atomic E-state index is 12.2. The highest BCUT2D eigenvalue weighted by atomic mass is 32.1. The minimum atomic E-state index is 0.00798. The Labute approximate surface area is 134 Å². The van der Waals surface area contributed by atoms with Crippen molar-refractivity contribution in [2.45, 2.75) is 19.3 Å². The number of hydrogen-bond donors (Lipinski definition) is 0. The fourth-order valence-electron chi connectivity index (χ4n) is 2.62. The molecule has 1 aliphatic rings. The zero-order valence-corrected chi connectivity index (χ0v) is 13.3. The van der Waals surface area contributed by atoms with Gasteiger partial charge in [-0.1, -0.05) is 6.42 Å². The number of pyridine rings is 1. The minimum absolute atomic E-state index is 0.00798. The van der Waals surface area contributed by atoms with Crippen molar-refractivity contribution in [3.63, 3.8) is 0 Å². The predicted molar refractivity (Wildman–Crippen MR) is 87.8 cm³/mol. The molecule has 0 saturated carbocycles. The number of piperidine rings is 1. The van der Waals surface area contributed by atoms with Gasteiger partial charge in [-0.25, -0.2) is 4.98 Å². The van der Waals surface area contributed by atoms with Gasteiger partial charge in [-0.15, -0.1) is 0 Å². The van der Waals surface area contributed by atoms with E-state index in [-0.39, 0.29) is 5.78 Å². The van der Waals surface area contributed by atoms with E-state index in [9.17, 15) is 4.79 Å². The van der Waals surface area contributed by atoms with Gasteiger partial charge in [-0.2, -0.15) is 11.3 Å². The molecule has 0 aromatic carbocycles. The van der Waals surface area contributed by atoms with Crippen LogP contribution in [0.4, 0.5) is 0 Å². The van der Waals surface area contributed by atoms with Crippen molar-refractivity contribution in [1.29, 1.82) is 0 Å². The van der Waals surface area contributed by atoms with Crippen molar-refractivity contribution in [3.05, 3.63) is 46.3 Å². The lowest BCUT2D eigenvalue weighted by atomic mass is 10.1. The van der Waals surface area contributed by atoms with Crippen molar-refractivity contribution in [3.8, 4) is 5.88 Å². The quantitative estimate of drug-likeness (QED) is 0.767. The van der Waals surface area contributed by atoms with Gasteiger partial charge in [0.1, 0.15) is 6.61 Å². The number of hydrogen-bond acceptors (Lipinski definition) is 5. The fourth-order valence-corrected chi connectivity index (χ4v) is 3.26. The van der Waals surface area contributed by atoms with Crippen LogP contribution in [0.25, 0.3) is 0 Å². The van der Waals surface area contributed by atoms with E-state index in [0.717, 1.165) is 6.54 Å². The topological polar surface area (TPSA) is 42.4 Å². The third-order valence-electron chi connectivity index (χ3n) is 3.89. The zero-order valence-electron chi connectivity index (χ0n) is 12.5. The van der Waals surface area contributed by atoms with Crippen molar-refractivity contribution in [2.24, 2.45) is 0 Å². The van der Waals surface area contributed by atoms with Gasteiger partial charge in [0.15, 0.2) is 5.78 Å². The van der Waals surface area contributed by atoms with Crippen LogP contribution >= 0.6 is 11.3 Å². The Balaban J connectivity index is 1.50. The lowest BCUT2D eigenvalue weighted by molar-refractivity contribution is 0.103. The monoisotopic (exact) mass is 316 g/mol. The SMILES string of the molecule is O=C(c1ccc(OCCN2CCCCC2)nc1)c1ccsc1. The molecular weight excluding hydrogens is 296 g/mol. The first-order valence-corrected chi connectivity index (χ1v) is 8.65. The normalized spacial score (nSPS) is 15.6. The van der Waals surface area contributed by atoms with Gasteiger partial charge in [0.2, 0.25) is 5.88 Å². The zero-order chi connectivity index (χ0) is 15.2. The van der Waals surface area contributed by atoms with Gasteiger partial charge in [0.05, 0.1) is 0 Å². The largest absolute Gasteiger partial charge is 0.476 e. The minimum Gasteiger partial charge on any atom is -0.476 e. The molecule has 1 saturated heterocycles. The van der Waals surface area contributed by atoms with Crippen molar-refractivity contribution < 1.29 is 9.53 Å². The molecule has 2 aromatic heterocycles. The molecule has 22 heavy (non-hydrogen) atoms. The van der Waals surface area contributed by atoms with Crippen LogP contribution in [0.2, 0.25) is 0 Å². The molecule has 0 amide bonds. The molecule has 3 heterocycles. The number of thiophene rings is 1. The number of nitrogens with zero attached hydrogens (tertiary/aromatic N) is 2. The summed E-state index contributed by atoms with van der Waals surface area (Å²) >= 11 is 1.52. The molecule has 2 aromatic rings. The standard InChI is InChI=1S/C17H20N2O2S/c20-17(15-6-11-22-13-15)14-4-5-16(18-12-14)21-10-9-19-7-2-1-3-8-19/h4-6,11-13H,1-3,7-10H2. The highest BCUT2D eigenvalue weighted by molar-refractivity contribution is 7.08. The van der Waals surface area contributed by atoms with Crippen LogP contribution in [0, 0.1) is 0 Å². The van der Waals surface area contributed by atoms with E-state index in [1.807, 2.05) is 16.8 Å². The number of likely N-dealkylation sites (tertiary alicyclic amines) is 1. The molecule has 4 nitrogen and oxygen atoms in total. The predicted octanol–water partition coefficient (Wildman–Crippen LogP) is 3.24. The second kappa shape index (κ2) is 7.51. The van der Waals surface area contributed by atoms with Crippen LogP contribution in [0.1, 0.15) is 35.2 Å². The second-order valence-corrected chi connectivity index (χ2v) is 6.26. The van der Waals surface area contributed by atoms with Crippen molar-refractivity contribution >= 4 is 17.1 Å². The Hall–Kier alpha value is -1.72. The molecular formula is C17H20N2O2S. The van der Waals surface area contributed by atoms with Gasteiger partial charge in [-0.3, -0.25) is 9.69 Å². The molecule has 5 heteroatoms. The molecule has 0 spiro atoms.